The molecule has 1 N–H and O–H groups in total. The lowest BCUT2D eigenvalue weighted by Crippen LogP contribution is -2.31. The molecule has 9 heteroatoms. The van der Waals surface area contributed by atoms with Gasteiger partial charge in [-0.25, -0.2) is 13.1 Å². The number of nitrogens with zero attached hydrogens (tertiary/aromatic N) is 1. The standard InChI is InChI=1S/C14H12N2O6S/c1-22-10-3-5-11(6-4-10)23(20,21)16-13(17)9-2-7-12(14(18)19)15-8-9/h2-8H,1H3,(H,16,17)(H,18,19)/p-1. The smallest absolute Gasteiger partial charge is 0.266 e. The lowest BCUT2D eigenvalue weighted by atomic mass is 10.2. The fraction of sp³-hybridized carbons (Fsp3) is 0.0714. The van der Waals surface area contributed by atoms with E-state index in [9.17, 15) is 23.1 Å². The summed E-state index contributed by atoms with van der Waals surface area (Å²) in [7, 11) is -2.63. The third-order valence-corrected chi connectivity index (χ3v) is 4.18. The number of methoxy groups -OCH3 is 1. The van der Waals surface area contributed by atoms with Gasteiger partial charge in [0.2, 0.25) is 0 Å². The molecule has 2 rings (SSSR count). The van der Waals surface area contributed by atoms with Crippen LogP contribution in [0.5, 0.6) is 5.75 Å². The van der Waals surface area contributed by atoms with Crippen LogP contribution in [0.1, 0.15) is 20.8 Å². The summed E-state index contributed by atoms with van der Waals surface area (Å²) in [5, 5.41) is 10.6. The molecule has 0 aliphatic carbocycles. The molecule has 23 heavy (non-hydrogen) atoms. The Balaban J connectivity index is 2.18. The largest absolute Gasteiger partial charge is 0.543 e. The Hall–Kier alpha value is -2.94. The van der Waals surface area contributed by atoms with Gasteiger partial charge >= 0.3 is 0 Å². The van der Waals surface area contributed by atoms with Gasteiger partial charge in [0.05, 0.1) is 29.2 Å². The normalized spacial score (nSPS) is 10.8. The number of ether oxygens (including phenoxy) is 1. The number of pyridine rings is 1. The first-order valence-corrected chi connectivity index (χ1v) is 7.70. The summed E-state index contributed by atoms with van der Waals surface area (Å²) in [6.07, 6.45) is 0.948. The number of rotatable bonds is 5. The minimum Gasteiger partial charge on any atom is -0.543 e. The summed E-state index contributed by atoms with van der Waals surface area (Å²) >= 11 is 0. The van der Waals surface area contributed by atoms with Crippen LogP contribution in [0.15, 0.2) is 47.5 Å². The number of hydrogen-bond donors (Lipinski definition) is 1. The molecule has 0 bridgehead atoms. The van der Waals surface area contributed by atoms with Crippen LogP contribution in [0.2, 0.25) is 0 Å². The highest BCUT2D eigenvalue weighted by atomic mass is 32.2. The van der Waals surface area contributed by atoms with Crippen molar-refractivity contribution in [1.82, 2.24) is 9.71 Å². The third-order valence-electron chi connectivity index (χ3n) is 2.83. The van der Waals surface area contributed by atoms with E-state index in [0.717, 1.165) is 18.3 Å². The first-order valence-electron chi connectivity index (χ1n) is 6.22. The molecule has 0 unspecified atom stereocenters. The fourth-order valence-corrected chi connectivity index (χ4v) is 2.62. The van der Waals surface area contributed by atoms with Crippen molar-refractivity contribution >= 4 is 21.9 Å². The van der Waals surface area contributed by atoms with E-state index >= 15 is 0 Å². The molecule has 0 fully saturated rings. The maximum Gasteiger partial charge on any atom is 0.266 e. The number of amides is 1. The second kappa shape index (κ2) is 6.44. The summed E-state index contributed by atoms with van der Waals surface area (Å²) in [5.41, 5.74) is -0.466. The van der Waals surface area contributed by atoms with Gasteiger partial charge in [-0.1, -0.05) is 0 Å². The van der Waals surface area contributed by atoms with Crippen molar-refractivity contribution in [2.45, 2.75) is 4.90 Å². The van der Waals surface area contributed by atoms with Crippen molar-refractivity contribution in [3.8, 4) is 5.75 Å². The number of nitrogens with one attached hydrogen (secondary N) is 1. The zero-order valence-corrected chi connectivity index (χ0v) is 12.7. The molecule has 1 aromatic heterocycles. The molecule has 0 aliphatic heterocycles. The second-order valence-electron chi connectivity index (χ2n) is 4.33. The number of hydrogen-bond acceptors (Lipinski definition) is 7. The van der Waals surface area contributed by atoms with E-state index in [1.807, 2.05) is 4.72 Å². The minimum absolute atomic E-state index is 0.105. The summed E-state index contributed by atoms with van der Waals surface area (Å²) < 4.78 is 31.0. The summed E-state index contributed by atoms with van der Waals surface area (Å²) in [5.74, 6) is -1.96. The van der Waals surface area contributed by atoms with Crippen LogP contribution < -0.4 is 14.6 Å². The average Bonchev–Trinajstić information content (AvgIpc) is 2.54. The van der Waals surface area contributed by atoms with Gasteiger partial charge in [0.25, 0.3) is 15.9 Å². The third kappa shape index (κ3) is 3.83. The van der Waals surface area contributed by atoms with Gasteiger partial charge in [-0.3, -0.25) is 9.78 Å². The van der Waals surface area contributed by atoms with Crippen molar-refractivity contribution in [2.24, 2.45) is 0 Å². The summed E-state index contributed by atoms with van der Waals surface area (Å²) in [6, 6.07) is 7.63. The number of aromatic nitrogens is 1. The van der Waals surface area contributed by atoms with Crippen molar-refractivity contribution in [3.63, 3.8) is 0 Å². The van der Waals surface area contributed by atoms with Gasteiger partial charge in [-0.05, 0) is 36.4 Å². The lowest BCUT2D eigenvalue weighted by Gasteiger charge is -2.08. The van der Waals surface area contributed by atoms with Crippen molar-refractivity contribution in [1.29, 1.82) is 0 Å². The van der Waals surface area contributed by atoms with Gasteiger partial charge in [-0.15, -0.1) is 0 Å². The number of aromatic carboxylic acids is 1. The quantitative estimate of drug-likeness (QED) is 0.786. The molecule has 2 aromatic rings. The number of carboxylic acid groups (broad SMARTS) is 1. The van der Waals surface area contributed by atoms with E-state index in [1.54, 1.807) is 0 Å². The molecular weight excluding hydrogens is 324 g/mol. The van der Waals surface area contributed by atoms with Crippen molar-refractivity contribution < 1.29 is 27.9 Å². The maximum absolute atomic E-state index is 12.1. The molecule has 1 amide bonds. The van der Waals surface area contributed by atoms with E-state index in [4.69, 9.17) is 4.74 Å². The van der Waals surface area contributed by atoms with E-state index in [-0.39, 0.29) is 16.2 Å². The molecule has 0 saturated carbocycles. The van der Waals surface area contributed by atoms with Gasteiger partial charge in [0, 0.05) is 6.20 Å². The predicted octanol–water partition coefficient (Wildman–Crippen LogP) is -0.428. The summed E-state index contributed by atoms with van der Waals surface area (Å²) in [6.45, 7) is 0. The average molecular weight is 335 g/mol. The number of carboxylic acids is 1. The van der Waals surface area contributed by atoms with Crippen molar-refractivity contribution in [3.05, 3.63) is 53.9 Å². The van der Waals surface area contributed by atoms with Crippen LogP contribution in [0.3, 0.4) is 0 Å². The molecule has 1 aromatic carbocycles. The Labute approximate surface area is 131 Å². The van der Waals surface area contributed by atoms with Crippen LogP contribution in [0.25, 0.3) is 0 Å². The Morgan fingerprint density at radius 2 is 1.78 bits per heavy atom. The lowest BCUT2D eigenvalue weighted by molar-refractivity contribution is -0.255. The predicted molar refractivity (Wildman–Crippen MR) is 76.2 cm³/mol. The van der Waals surface area contributed by atoms with E-state index in [2.05, 4.69) is 4.98 Å². The molecule has 0 aliphatic rings. The Morgan fingerprint density at radius 1 is 1.13 bits per heavy atom. The second-order valence-corrected chi connectivity index (χ2v) is 6.01. The van der Waals surface area contributed by atoms with Crippen LogP contribution in [0.4, 0.5) is 0 Å². The van der Waals surface area contributed by atoms with Gasteiger partial charge in [-0.2, -0.15) is 0 Å². The van der Waals surface area contributed by atoms with E-state index in [0.29, 0.717) is 5.75 Å². The van der Waals surface area contributed by atoms with Crippen molar-refractivity contribution in [2.75, 3.05) is 7.11 Å². The molecular formula is C14H11N2O6S-. The van der Waals surface area contributed by atoms with Gasteiger partial charge < -0.3 is 14.6 Å². The van der Waals surface area contributed by atoms with Gasteiger partial charge in [0.1, 0.15) is 5.75 Å². The molecule has 0 atom stereocenters. The monoisotopic (exact) mass is 335 g/mol. The molecule has 0 spiro atoms. The number of benzene rings is 1. The minimum atomic E-state index is -4.07. The van der Waals surface area contributed by atoms with Gasteiger partial charge in [0.15, 0.2) is 0 Å². The topological polar surface area (TPSA) is 125 Å². The first kappa shape index (κ1) is 16.4. The Morgan fingerprint density at radius 3 is 2.26 bits per heavy atom. The number of carbonyl (C=O) groups excluding carboxylic acids is 2. The molecule has 0 radical (unpaired) electrons. The number of sulfonamides is 1. The molecule has 1 heterocycles. The van der Waals surface area contributed by atoms with Crippen LogP contribution in [-0.4, -0.2) is 32.4 Å². The summed E-state index contributed by atoms with van der Waals surface area (Å²) in [4.78, 5) is 25.9. The van der Waals surface area contributed by atoms with Crippen LogP contribution in [-0.2, 0) is 10.0 Å². The molecule has 0 saturated heterocycles. The van der Waals surface area contributed by atoms with E-state index < -0.39 is 21.9 Å². The fourth-order valence-electron chi connectivity index (χ4n) is 1.64. The molecule has 8 nitrogen and oxygen atoms in total. The number of carbonyl (C=O) groups is 2. The zero-order chi connectivity index (χ0) is 17.0. The Kier molecular flexibility index (Phi) is 4.60. The van der Waals surface area contributed by atoms with E-state index in [1.165, 1.54) is 31.4 Å². The highest BCUT2D eigenvalue weighted by Crippen LogP contribution is 2.15. The highest BCUT2D eigenvalue weighted by molar-refractivity contribution is 7.90. The Bertz CT molecular complexity index is 829. The molecule has 120 valence electrons. The highest BCUT2D eigenvalue weighted by Gasteiger charge is 2.19. The van der Waals surface area contributed by atoms with Crippen LogP contribution in [0, 0.1) is 0 Å². The zero-order valence-electron chi connectivity index (χ0n) is 11.8. The SMILES string of the molecule is COc1ccc(S(=O)(=O)NC(=O)c2ccc(C(=O)[O-])nc2)cc1. The van der Waals surface area contributed by atoms with Crippen LogP contribution >= 0.6 is 0 Å². The maximum atomic E-state index is 12.1. The first-order chi connectivity index (χ1) is 10.8.